The van der Waals surface area contributed by atoms with E-state index in [1.165, 1.54) is 32.1 Å². The van der Waals surface area contributed by atoms with Crippen LogP contribution in [0.25, 0.3) is 0 Å². The van der Waals surface area contributed by atoms with E-state index in [1.807, 2.05) is 0 Å². The fourth-order valence-corrected chi connectivity index (χ4v) is 4.99. The Labute approximate surface area is 163 Å². The number of ether oxygens (including phenoxy) is 1. The average Bonchev–Trinajstić information content (AvgIpc) is 2.71. The molecule has 1 nitrogen and oxygen atoms in total. The Kier molecular flexibility index (Phi) is 7.32. The average molecular weight is 377 g/mol. The molecule has 2 unspecified atom stereocenters. The Bertz CT molecular complexity index is 632. The Morgan fingerprint density at radius 2 is 1.70 bits per heavy atom. The number of unbranched alkanes of at least 4 members (excludes halogenated alkanes) is 1. The minimum atomic E-state index is -0.829. The minimum absolute atomic E-state index is 0.0254. The van der Waals surface area contributed by atoms with Crippen LogP contribution in [0.2, 0.25) is 0 Å². The maximum atomic E-state index is 14.5. The van der Waals surface area contributed by atoms with Gasteiger partial charge in [0.15, 0.2) is 11.6 Å². The van der Waals surface area contributed by atoms with Gasteiger partial charge in [-0.1, -0.05) is 38.0 Å². The standard InChI is InChI=1S/C24H34F2O/c1-3-5-6-17-7-9-18(10-8-17)19-11-13-20(14-12-19)21-15-16-22(27-4-2)24(26)23(21)25/h7,9,15-20H,3-6,8,10-14H2,1-2H3. The largest absolute Gasteiger partial charge is 0.491 e. The molecule has 0 spiro atoms. The summed E-state index contributed by atoms with van der Waals surface area (Å²) in [5, 5.41) is 0. The van der Waals surface area contributed by atoms with Crippen molar-refractivity contribution >= 4 is 0 Å². The molecule has 1 aromatic rings. The van der Waals surface area contributed by atoms with Gasteiger partial charge in [0, 0.05) is 0 Å². The molecule has 2 atom stereocenters. The van der Waals surface area contributed by atoms with Crippen LogP contribution in [0, 0.1) is 29.4 Å². The van der Waals surface area contributed by atoms with Crippen molar-refractivity contribution in [3.63, 3.8) is 0 Å². The van der Waals surface area contributed by atoms with Crippen LogP contribution in [0.5, 0.6) is 5.75 Å². The summed E-state index contributed by atoms with van der Waals surface area (Å²) in [5.41, 5.74) is 0.535. The summed E-state index contributed by atoms with van der Waals surface area (Å²) in [6.45, 7) is 4.38. The summed E-state index contributed by atoms with van der Waals surface area (Å²) in [7, 11) is 0. The molecule has 0 N–H and O–H groups in total. The van der Waals surface area contributed by atoms with Crippen molar-refractivity contribution in [1.29, 1.82) is 0 Å². The zero-order valence-electron chi connectivity index (χ0n) is 16.9. The molecule has 0 saturated heterocycles. The number of hydrogen-bond acceptors (Lipinski definition) is 1. The summed E-state index contributed by atoms with van der Waals surface area (Å²) in [5.74, 6) is 0.795. The number of rotatable bonds is 7. The van der Waals surface area contributed by atoms with Crippen LogP contribution >= 0.6 is 0 Å². The molecule has 2 aliphatic carbocycles. The first-order valence-electron chi connectivity index (χ1n) is 10.9. The van der Waals surface area contributed by atoms with Gasteiger partial charge in [0.1, 0.15) is 0 Å². The Morgan fingerprint density at radius 1 is 0.926 bits per heavy atom. The molecule has 0 bridgehead atoms. The third kappa shape index (κ3) is 4.92. The second-order valence-corrected chi connectivity index (χ2v) is 8.35. The van der Waals surface area contributed by atoms with Gasteiger partial charge < -0.3 is 4.74 Å². The molecule has 1 aromatic carbocycles. The molecule has 150 valence electrons. The lowest BCUT2D eigenvalue weighted by atomic mass is 9.70. The highest BCUT2D eigenvalue weighted by Gasteiger charge is 2.30. The number of halogens is 2. The van der Waals surface area contributed by atoms with Crippen molar-refractivity contribution in [3.05, 3.63) is 41.5 Å². The molecular formula is C24H34F2O. The molecule has 2 aliphatic rings. The fraction of sp³-hybridized carbons (Fsp3) is 0.667. The Hall–Kier alpha value is -1.38. The fourth-order valence-electron chi connectivity index (χ4n) is 4.99. The Morgan fingerprint density at radius 3 is 2.33 bits per heavy atom. The molecule has 27 heavy (non-hydrogen) atoms. The van der Waals surface area contributed by atoms with Gasteiger partial charge in [-0.3, -0.25) is 0 Å². The van der Waals surface area contributed by atoms with Crippen LogP contribution in [0.3, 0.4) is 0 Å². The Balaban J connectivity index is 1.56. The number of allylic oxidation sites excluding steroid dienone is 2. The first kappa shape index (κ1) is 20.4. The first-order valence-corrected chi connectivity index (χ1v) is 10.9. The van der Waals surface area contributed by atoms with Crippen molar-refractivity contribution in [2.45, 2.75) is 77.6 Å². The zero-order chi connectivity index (χ0) is 19.2. The summed E-state index contributed by atoms with van der Waals surface area (Å²) >= 11 is 0. The quantitative estimate of drug-likeness (QED) is 0.450. The normalized spacial score (nSPS) is 28.3. The molecule has 1 saturated carbocycles. The van der Waals surface area contributed by atoms with Crippen molar-refractivity contribution in [3.8, 4) is 5.75 Å². The van der Waals surface area contributed by atoms with Crippen LogP contribution in [-0.4, -0.2) is 6.61 Å². The van der Waals surface area contributed by atoms with E-state index < -0.39 is 11.6 Å². The van der Waals surface area contributed by atoms with Crippen LogP contribution in [0.1, 0.15) is 83.1 Å². The molecule has 3 heteroatoms. The van der Waals surface area contributed by atoms with Crippen molar-refractivity contribution in [2.75, 3.05) is 6.61 Å². The maximum absolute atomic E-state index is 14.5. The van der Waals surface area contributed by atoms with E-state index in [1.54, 1.807) is 19.1 Å². The van der Waals surface area contributed by atoms with Gasteiger partial charge in [-0.2, -0.15) is 4.39 Å². The second-order valence-electron chi connectivity index (χ2n) is 8.35. The number of benzene rings is 1. The van der Waals surface area contributed by atoms with E-state index in [-0.39, 0.29) is 11.7 Å². The maximum Gasteiger partial charge on any atom is 0.200 e. The van der Waals surface area contributed by atoms with E-state index >= 15 is 0 Å². The van der Waals surface area contributed by atoms with Gasteiger partial charge in [0.05, 0.1) is 6.61 Å². The third-order valence-electron chi connectivity index (χ3n) is 6.62. The van der Waals surface area contributed by atoms with Crippen molar-refractivity contribution < 1.29 is 13.5 Å². The van der Waals surface area contributed by atoms with Gasteiger partial charge in [-0.15, -0.1) is 0 Å². The lowest BCUT2D eigenvalue weighted by molar-refractivity contribution is 0.236. The molecular weight excluding hydrogens is 342 g/mol. The summed E-state index contributed by atoms with van der Waals surface area (Å²) in [6.07, 6.45) is 15.6. The molecule has 0 radical (unpaired) electrons. The predicted octanol–water partition coefficient (Wildman–Crippen LogP) is 7.41. The first-order chi connectivity index (χ1) is 13.1. The van der Waals surface area contributed by atoms with Crippen LogP contribution in [0.4, 0.5) is 8.78 Å². The molecule has 3 rings (SSSR count). The van der Waals surface area contributed by atoms with Crippen molar-refractivity contribution in [2.24, 2.45) is 17.8 Å². The van der Waals surface area contributed by atoms with Crippen LogP contribution in [-0.2, 0) is 0 Å². The van der Waals surface area contributed by atoms with Crippen LogP contribution < -0.4 is 4.74 Å². The second kappa shape index (κ2) is 9.71. The van der Waals surface area contributed by atoms with Gasteiger partial charge in [0.25, 0.3) is 0 Å². The van der Waals surface area contributed by atoms with E-state index in [0.717, 1.165) is 31.6 Å². The lowest BCUT2D eigenvalue weighted by Gasteiger charge is -2.35. The van der Waals surface area contributed by atoms with Crippen LogP contribution in [0.15, 0.2) is 24.3 Å². The predicted molar refractivity (Wildman–Crippen MR) is 107 cm³/mol. The SMILES string of the molecule is CCCCC1C=CC(C2CCC(c3ccc(OCC)c(F)c3F)CC2)CC1. The van der Waals surface area contributed by atoms with Gasteiger partial charge in [-0.05, 0) is 87.2 Å². The minimum Gasteiger partial charge on any atom is -0.491 e. The summed E-state index contributed by atoms with van der Waals surface area (Å²) < 4.78 is 33.9. The van der Waals surface area contributed by atoms with Gasteiger partial charge in [0.2, 0.25) is 5.82 Å². The highest BCUT2D eigenvalue weighted by atomic mass is 19.2. The monoisotopic (exact) mass is 376 g/mol. The third-order valence-corrected chi connectivity index (χ3v) is 6.62. The van der Waals surface area contributed by atoms with Gasteiger partial charge >= 0.3 is 0 Å². The molecule has 0 heterocycles. The van der Waals surface area contributed by atoms with E-state index in [0.29, 0.717) is 24.0 Å². The molecule has 0 amide bonds. The van der Waals surface area contributed by atoms with Crippen molar-refractivity contribution in [1.82, 2.24) is 0 Å². The van der Waals surface area contributed by atoms with Gasteiger partial charge in [-0.25, -0.2) is 4.39 Å². The summed E-state index contributed by atoms with van der Waals surface area (Å²) in [6, 6.07) is 3.32. The van der Waals surface area contributed by atoms with E-state index in [9.17, 15) is 8.78 Å². The van der Waals surface area contributed by atoms with E-state index in [4.69, 9.17) is 4.74 Å². The zero-order valence-corrected chi connectivity index (χ0v) is 16.9. The smallest absolute Gasteiger partial charge is 0.200 e. The molecule has 1 fully saturated rings. The summed E-state index contributed by atoms with van der Waals surface area (Å²) in [4.78, 5) is 0. The highest BCUT2D eigenvalue weighted by molar-refractivity contribution is 5.33. The lowest BCUT2D eigenvalue weighted by Crippen LogP contribution is -2.23. The molecule has 0 aliphatic heterocycles. The topological polar surface area (TPSA) is 9.23 Å². The molecule has 0 aromatic heterocycles. The number of hydrogen-bond donors (Lipinski definition) is 0. The van der Waals surface area contributed by atoms with E-state index in [2.05, 4.69) is 19.1 Å². The highest BCUT2D eigenvalue weighted by Crippen LogP contribution is 2.43.